The molecule has 2 heterocycles. The quantitative estimate of drug-likeness (QED) is 0.455. The van der Waals surface area contributed by atoms with Crippen molar-refractivity contribution in [3.8, 4) is 0 Å². The maximum absolute atomic E-state index is 12.8. The van der Waals surface area contributed by atoms with Crippen LogP contribution in [-0.2, 0) is 6.54 Å². The van der Waals surface area contributed by atoms with Crippen molar-refractivity contribution in [3.05, 3.63) is 70.9 Å². The molecule has 0 amide bonds. The third kappa shape index (κ3) is 1.87. The average molecular weight is 291 g/mol. The van der Waals surface area contributed by atoms with E-state index in [1.54, 1.807) is 30.7 Å². The molecule has 0 saturated carbocycles. The second-order valence-corrected chi connectivity index (χ2v) is 5.18. The van der Waals surface area contributed by atoms with Gasteiger partial charge in [-0.25, -0.2) is 4.98 Å². The molecule has 5 heteroatoms. The number of benzene rings is 2. The average Bonchev–Trinajstić information content (AvgIpc) is 3.04. The Morgan fingerprint density at radius 2 is 2.05 bits per heavy atom. The maximum atomic E-state index is 12.8. The molecule has 22 heavy (non-hydrogen) atoms. The Bertz CT molecular complexity index is 1030. The van der Waals surface area contributed by atoms with E-state index in [2.05, 4.69) is 4.98 Å². The van der Waals surface area contributed by atoms with E-state index >= 15 is 0 Å². The third-order valence-corrected chi connectivity index (χ3v) is 3.76. The van der Waals surface area contributed by atoms with Crippen LogP contribution in [0.3, 0.4) is 0 Å². The van der Waals surface area contributed by atoms with Crippen molar-refractivity contribution in [1.29, 1.82) is 0 Å². The molecular weight excluding hydrogens is 278 g/mol. The smallest absolute Gasteiger partial charge is 0.200 e. The number of imidazole rings is 1. The highest BCUT2D eigenvalue weighted by Gasteiger charge is 2.14. The minimum Gasteiger partial charge on any atom is -0.454 e. The van der Waals surface area contributed by atoms with Crippen LogP contribution in [-0.4, -0.2) is 9.55 Å². The molecule has 0 atom stereocenters. The Morgan fingerprint density at radius 3 is 2.86 bits per heavy atom. The number of aromatic nitrogens is 2. The van der Waals surface area contributed by atoms with Gasteiger partial charge in [0.25, 0.3) is 0 Å². The molecule has 0 aliphatic rings. The van der Waals surface area contributed by atoms with Crippen molar-refractivity contribution in [2.24, 2.45) is 0 Å². The van der Waals surface area contributed by atoms with Gasteiger partial charge in [0.05, 0.1) is 22.8 Å². The first-order chi connectivity index (χ1) is 10.7. The van der Waals surface area contributed by atoms with Gasteiger partial charge in [0.2, 0.25) is 5.43 Å². The lowest BCUT2D eigenvalue weighted by atomic mass is 10.1. The number of para-hydroxylation sites is 1. The van der Waals surface area contributed by atoms with Crippen LogP contribution in [0, 0.1) is 0 Å². The molecule has 2 N–H and O–H groups in total. The largest absolute Gasteiger partial charge is 0.454 e. The lowest BCUT2D eigenvalue weighted by Gasteiger charge is -2.09. The topological polar surface area (TPSA) is 74.1 Å². The van der Waals surface area contributed by atoms with Crippen molar-refractivity contribution < 1.29 is 4.42 Å². The SMILES string of the molecule is Nc1ccc(Cn2ccnc2)c2c(=O)c3ccccc3oc12. The van der Waals surface area contributed by atoms with E-state index in [1.807, 2.05) is 29.0 Å². The number of fused-ring (bicyclic) bond motifs is 2. The Kier molecular flexibility index (Phi) is 2.72. The molecule has 0 aliphatic heterocycles. The summed E-state index contributed by atoms with van der Waals surface area (Å²) in [7, 11) is 0. The zero-order chi connectivity index (χ0) is 15.1. The number of hydrogen-bond donors (Lipinski definition) is 1. The standard InChI is InChI=1S/C17H13N3O2/c18-13-6-5-11(9-20-8-7-19-10-20)15-16(21)12-3-1-2-4-14(12)22-17(13)15/h1-8,10H,9,18H2. The Labute approximate surface area is 125 Å². The molecule has 0 saturated heterocycles. The summed E-state index contributed by atoms with van der Waals surface area (Å²) >= 11 is 0. The molecule has 0 bridgehead atoms. The van der Waals surface area contributed by atoms with Crippen LogP contribution in [0.1, 0.15) is 5.56 Å². The molecule has 0 radical (unpaired) electrons. The normalized spacial score (nSPS) is 11.3. The van der Waals surface area contributed by atoms with Crippen LogP contribution in [0.25, 0.3) is 21.9 Å². The summed E-state index contributed by atoms with van der Waals surface area (Å²) in [5.74, 6) is 0. The highest BCUT2D eigenvalue weighted by atomic mass is 16.3. The second-order valence-electron chi connectivity index (χ2n) is 5.18. The van der Waals surface area contributed by atoms with Crippen LogP contribution in [0.4, 0.5) is 5.69 Å². The van der Waals surface area contributed by atoms with Crippen molar-refractivity contribution in [2.45, 2.75) is 6.54 Å². The molecule has 4 aromatic rings. The molecule has 5 nitrogen and oxygen atoms in total. The molecule has 2 aromatic carbocycles. The van der Waals surface area contributed by atoms with Gasteiger partial charge < -0.3 is 14.7 Å². The number of nitrogens with zero attached hydrogens (tertiary/aromatic N) is 2. The van der Waals surface area contributed by atoms with E-state index in [0.29, 0.717) is 34.2 Å². The predicted molar refractivity (Wildman–Crippen MR) is 85.7 cm³/mol. The summed E-state index contributed by atoms with van der Waals surface area (Å²) in [6, 6.07) is 10.8. The van der Waals surface area contributed by atoms with Crippen LogP contribution in [0.5, 0.6) is 0 Å². The molecule has 2 aromatic heterocycles. The van der Waals surface area contributed by atoms with E-state index in [-0.39, 0.29) is 5.43 Å². The van der Waals surface area contributed by atoms with Crippen LogP contribution in [0.15, 0.2) is 64.3 Å². The molecule has 0 aliphatic carbocycles. The van der Waals surface area contributed by atoms with Gasteiger partial charge >= 0.3 is 0 Å². The summed E-state index contributed by atoms with van der Waals surface area (Å²) in [5.41, 5.74) is 8.27. The van der Waals surface area contributed by atoms with Crippen molar-refractivity contribution in [3.63, 3.8) is 0 Å². The van der Waals surface area contributed by atoms with E-state index < -0.39 is 0 Å². The lowest BCUT2D eigenvalue weighted by Crippen LogP contribution is -2.08. The van der Waals surface area contributed by atoms with Crippen LogP contribution >= 0.6 is 0 Å². The van der Waals surface area contributed by atoms with Crippen molar-refractivity contribution in [2.75, 3.05) is 5.73 Å². The number of anilines is 1. The van der Waals surface area contributed by atoms with E-state index in [0.717, 1.165) is 5.56 Å². The summed E-state index contributed by atoms with van der Waals surface area (Å²) in [6.07, 6.45) is 5.27. The number of nitrogens with two attached hydrogens (primary N) is 1. The van der Waals surface area contributed by atoms with Crippen molar-refractivity contribution >= 4 is 27.6 Å². The number of nitrogen functional groups attached to an aromatic ring is 1. The fourth-order valence-corrected chi connectivity index (χ4v) is 2.70. The first-order valence-corrected chi connectivity index (χ1v) is 6.92. The van der Waals surface area contributed by atoms with Gasteiger partial charge in [-0.15, -0.1) is 0 Å². The van der Waals surface area contributed by atoms with Gasteiger partial charge in [-0.2, -0.15) is 0 Å². The first kappa shape index (κ1) is 12.6. The van der Waals surface area contributed by atoms with Crippen LogP contribution < -0.4 is 11.2 Å². The van der Waals surface area contributed by atoms with E-state index in [4.69, 9.17) is 10.2 Å². The van der Waals surface area contributed by atoms with Gasteiger partial charge in [0.1, 0.15) is 5.58 Å². The fraction of sp³-hybridized carbons (Fsp3) is 0.0588. The fourth-order valence-electron chi connectivity index (χ4n) is 2.70. The monoisotopic (exact) mass is 291 g/mol. The Balaban J connectivity index is 2.08. The third-order valence-electron chi connectivity index (χ3n) is 3.76. The Morgan fingerprint density at radius 1 is 1.18 bits per heavy atom. The number of rotatable bonds is 2. The van der Waals surface area contributed by atoms with Crippen LogP contribution in [0.2, 0.25) is 0 Å². The van der Waals surface area contributed by atoms with Gasteiger partial charge in [0.15, 0.2) is 5.58 Å². The molecular formula is C17H13N3O2. The summed E-state index contributed by atoms with van der Waals surface area (Å²) in [5, 5.41) is 1.10. The van der Waals surface area contributed by atoms with E-state index in [1.165, 1.54) is 0 Å². The molecule has 4 rings (SSSR count). The van der Waals surface area contributed by atoms with Gasteiger partial charge in [-0.3, -0.25) is 4.79 Å². The molecule has 0 fully saturated rings. The summed E-state index contributed by atoms with van der Waals surface area (Å²) in [6.45, 7) is 0.542. The predicted octanol–water partition coefficient (Wildman–Crippen LogP) is 2.77. The second kappa shape index (κ2) is 4.73. The maximum Gasteiger partial charge on any atom is 0.200 e. The zero-order valence-corrected chi connectivity index (χ0v) is 11.7. The Hall–Kier alpha value is -3.08. The highest BCUT2D eigenvalue weighted by Crippen LogP contribution is 2.26. The van der Waals surface area contributed by atoms with Gasteiger partial charge in [0, 0.05) is 18.9 Å². The first-order valence-electron chi connectivity index (χ1n) is 6.92. The van der Waals surface area contributed by atoms with E-state index in [9.17, 15) is 4.79 Å². The molecule has 108 valence electrons. The highest BCUT2D eigenvalue weighted by molar-refractivity contribution is 5.96. The summed E-state index contributed by atoms with van der Waals surface area (Å²) < 4.78 is 7.77. The lowest BCUT2D eigenvalue weighted by molar-refractivity contribution is 0.660. The zero-order valence-electron chi connectivity index (χ0n) is 11.7. The van der Waals surface area contributed by atoms with Gasteiger partial charge in [-0.1, -0.05) is 18.2 Å². The van der Waals surface area contributed by atoms with Gasteiger partial charge in [-0.05, 0) is 23.8 Å². The minimum atomic E-state index is -0.0562. The number of hydrogen-bond acceptors (Lipinski definition) is 4. The summed E-state index contributed by atoms with van der Waals surface area (Å²) in [4.78, 5) is 16.9. The molecule has 0 unspecified atom stereocenters. The minimum absolute atomic E-state index is 0.0562. The van der Waals surface area contributed by atoms with Crippen molar-refractivity contribution in [1.82, 2.24) is 9.55 Å². The molecule has 0 spiro atoms.